The van der Waals surface area contributed by atoms with Gasteiger partial charge in [-0.1, -0.05) is 0 Å². The molecule has 0 aromatic carbocycles. The number of hydroxylamine groups is 2. The number of ether oxygens (including phenoxy) is 2. The smallest absolute Gasteiger partial charge is 0.422 e. The van der Waals surface area contributed by atoms with E-state index < -0.39 is 29.9 Å². The van der Waals surface area contributed by atoms with Crippen molar-refractivity contribution in [2.24, 2.45) is 0 Å². The first-order chi connectivity index (χ1) is 8.82. The van der Waals surface area contributed by atoms with Gasteiger partial charge in [-0.15, -0.1) is 0 Å². The van der Waals surface area contributed by atoms with Crippen molar-refractivity contribution in [1.82, 2.24) is 5.06 Å². The molecule has 2 rings (SSSR count). The van der Waals surface area contributed by atoms with E-state index in [0.717, 1.165) is 5.06 Å². The number of hydrogen-bond acceptors (Lipinski definition) is 6. The zero-order chi connectivity index (χ0) is 14.3. The Labute approximate surface area is 107 Å². The summed E-state index contributed by atoms with van der Waals surface area (Å²) in [5, 5.41) is 11.0. The Morgan fingerprint density at radius 1 is 1.58 bits per heavy atom. The van der Waals surface area contributed by atoms with E-state index in [-0.39, 0.29) is 26.4 Å². The number of alkyl halides is 3. The first kappa shape index (κ1) is 14.5. The molecule has 0 saturated carbocycles. The van der Waals surface area contributed by atoms with Crippen molar-refractivity contribution in [3.05, 3.63) is 0 Å². The van der Waals surface area contributed by atoms with Crippen molar-refractivity contribution < 1.29 is 37.4 Å². The minimum Gasteiger partial charge on any atom is -0.464 e. The average molecular weight is 285 g/mol. The van der Waals surface area contributed by atoms with Crippen LogP contribution in [-0.4, -0.2) is 66.4 Å². The van der Waals surface area contributed by atoms with Gasteiger partial charge in [-0.3, -0.25) is 4.84 Å². The number of nitrogens with zero attached hydrogens (tertiary/aromatic N) is 1. The molecule has 2 aliphatic heterocycles. The fourth-order valence-electron chi connectivity index (χ4n) is 2.23. The number of carbonyl (C=O) groups is 1. The van der Waals surface area contributed by atoms with Crippen LogP contribution >= 0.6 is 0 Å². The van der Waals surface area contributed by atoms with Gasteiger partial charge in [0, 0.05) is 6.54 Å². The Morgan fingerprint density at radius 2 is 2.26 bits per heavy atom. The van der Waals surface area contributed by atoms with Gasteiger partial charge in [0.2, 0.25) is 11.7 Å². The first-order valence-electron chi connectivity index (χ1n) is 5.79. The maximum absolute atomic E-state index is 13.1. The van der Waals surface area contributed by atoms with Crippen LogP contribution in [0.3, 0.4) is 0 Å². The summed E-state index contributed by atoms with van der Waals surface area (Å²) in [6.07, 6.45) is -7.16. The fourth-order valence-corrected chi connectivity index (χ4v) is 2.23. The molecule has 0 spiro atoms. The molecule has 19 heavy (non-hydrogen) atoms. The lowest BCUT2D eigenvalue weighted by Crippen LogP contribution is -2.64. The predicted octanol–water partition coefficient (Wildman–Crippen LogP) is -0.142. The molecule has 0 aliphatic carbocycles. The van der Waals surface area contributed by atoms with Crippen molar-refractivity contribution >= 4 is 5.97 Å². The zero-order valence-corrected chi connectivity index (χ0v) is 10.1. The minimum atomic E-state index is -5.04. The highest BCUT2D eigenvalue weighted by Crippen LogP contribution is 2.45. The van der Waals surface area contributed by atoms with Gasteiger partial charge in [-0.25, -0.2) is 4.79 Å². The van der Waals surface area contributed by atoms with Crippen molar-refractivity contribution in [2.75, 3.05) is 26.4 Å². The maximum Gasteiger partial charge on any atom is 0.422 e. The molecule has 0 unspecified atom stereocenters. The Bertz CT molecular complexity index is 364. The molecule has 0 radical (unpaired) electrons. The molecule has 0 amide bonds. The number of hydrogen-bond donors (Lipinski definition) is 1. The van der Waals surface area contributed by atoms with Gasteiger partial charge in [0.15, 0.2) is 0 Å². The summed E-state index contributed by atoms with van der Waals surface area (Å²) < 4.78 is 48.9. The van der Waals surface area contributed by atoms with Crippen LogP contribution in [0, 0.1) is 0 Å². The summed E-state index contributed by atoms with van der Waals surface area (Å²) in [7, 11) is 0. The molecule has 3 atom stereocenters. The molecular formula is C10H14F3NO5. The van der Waals surface area contributed by atoms with Gasteiger partial charge in [0.25, 0.3) is 0 Å². The highest BCUT2D eigenvalue weighted by molar-refractivity contribution is 5.77. The molecule has 2 aliphatic rings. The van der Waals surface area contributed by atoms with Crippen molar-refractivity contribution in [3.8, 4) is 0 Å². The van der Waals surface area contributed by atoms with Gasteiger partial charge in [0.05, 0.1) is 25.9 Å². The molecular weight excluding hydrogens is 271 g/mol. The molecule has 1 N–H and O–H groups in total. The lowest BCUT2D eigenvalue weighted by molar-refractivity contribution is -0.280. The number of halogens is 3. The van der Waals surface area contributed by atoms with Crippen LogP contribution in [-0.2, 0) is 19.1 Å². The molecule has 2 heterocycles. The first-order valence-corrected chi connectivity index (χ1v) is 5.79. The number of carbonyl (C=O) groups excluding carboxylic acids is 1. The Balaban J connectivity index is 2.33. The molecule has 110 valence electrons. The standard InChI is InChI=1S/C10H14F3NO5/c1-2-18-8(15)7-9(16,10(11,12)13)6-5-17-4-3-14(6)19-7/h6-7,16H,2-5H2,1H3/t6-,7+,9-/m0/s1. The SMILES string of the molecule is CCOC(=O)[C@H]1ON2CCOC[C@H]2[C@@]1(O)C(F)(F)F. The van der Waals surface area contributed by atoms with Gasteiger partial charge in [0.1, 0.15) is 0 Å². The topological polar surface area (TPSA) is 68.2 Å². The third-order valence-electron chi connectivity index (χ3n) is 3.18. The third kappa shape index (κ3) is 2.20. The number of morpholine rings is 1. The molecule has 6 nitrogen and oxygen atoms in total. The third-order valence-corrected chi connectivity index (χ3v) is 3.18. The molecule has 0 bridgehead atoms. The largest absolute Gasteiger partial charge is 0.464 e. The van der Waals surface area contributed by atoms with Crippen LogP contribution in [0.1, 0.15) is 6.92 Å². The Kier molecular flexibility index (Phi) is 3.74. The second kappa shape index (κ2) is 4.89. The van der Waals surface area contributed by atoms with Crippen LogP contribution in [0.25, 0.3) is 0 Å². The normalized spacial score (nSPS) is 36.1. The van der Waals surface area contributed by atoms with Crippen molar-refractivity contribution in [2.45, 2.75) is 30.8 Å². The second-order valence-corrected chi connectivity index (χ2v) is 4.29. The number of aliphatic hydroxyl groups is 1. The molecule has 0 aromatic heterocycles. The zero-order valence-electron chi connectivity index (χ0n) is 10.1. The molecule has 2 fully saturated rings. The summed E-state index contributed by atoms with van der Waals surface area (Å²) >= 11 is 0. The van der Waals surface area contributed by atoms with Gasteiger partial charge in [-0.05, 0) is 6.92 Å². The van der Waals surface area contributed by atoms with Crippen LogP contribution in [0.2, 0.25) is 0 Å². The lowest BCUT2D eigenvalue weighted by Gasteiger charge is -2.36. The second-order valence-electron chi connectivity index (χ2n) is 4.29. The number of fused-ring (bicyclic) bond motifs is 1. The van der Waals surface area contributed by atoms with Crippen molar-refractivity contribution in [3.63, 3.8) is 0 Å². The van der Waals surface area contributed by atoms with Gasteiger partial charge in [-0.2, -0.15) is 18.2 Å². The van der Waals surface area contributed by atoms with Crippen LogP contribution in [0.5, 0.6) is 0 Å². The summed E-state index contributed by atoms with van der Waals surface area (Å²) in [4.78, 5) is 16.5. The lowest BCUT2D eigenvalue weighted by atomic mass is 9.88. The summed E-state index contributed by atoms with van der Waals surface area (Å²) in [6, 6.07) is -1.48. The fraction of sp³-hybridized carbons (Fsp3) is 0.900. The van der Waals surface area contributed by atoms with E-state index in [2.05, 4.69) is 4.74 Å². The van der Waals surface area contributed by atoms with E-state index in [4.69, 9.17) is 9.57 Å². The number of rotatable bonds is 2. The molecule has 0 aromatic rings. The maximum atomic E-state index is 13.1. The number of esters is 1. The summed E-state index contributed by atoms with van der Waals surface area (Å²) in [5.41, 5.74) is -3.33. The van der Waals surface area contributed by atoms with E-state index in [1.54, 1.807) is 0 Å². The van der Waals surface area contributed by atoms with E-state index in [1.807, 2.05) is 0 Å². The van der Waals surface area contributed by atoms with E-state index in [9.17, 15) is 23.1 Å². The Morgan fingerprint density at radius 3 is 2.84 bits per heavy atom. The minimum absolute atomic E-state index is 0.0406. The quantitative estimate of drug-likeness (QED) is 0.712. The van der Waals surface area contributed by atoms with Crippen molar-refractivity contribution in [1.29, 1.82) is 0 Å². The Hall–Kier alpha value is -0.900. The van der Waals surface area contributed by atoms with Gasteiger partial charge < -0.3 is 14.6 Å². The van der Waals surface area contributed by atoms with Crippen LogP contribution in [0.4, 0.5) is 13.2 Å². The average Bonchev–Trinajstić information content (AvgIpc) is 2.65. The highest BCUT2D eigenvalue weighted by Gasteiger charge is 2.72. The summed E-state index contributed by atoms with van der Waals surface area (Å²) in [6.45, 7) is 1.19. The van der Waals surface area contributed by atoms with Crippen LogP contribution in [0.15, 0.2) is 0 Å². The van der Waals surface area contributed by atoms with Crippen LogP contribution < -0.4 is 0 Å². The molecule has 9 heteroatoms. The monoisotopic (exact) mass is 285 g/mol. The molecule has 2 saturated heterocycles. The van der Waals surface area contributed by atoms with E-state index in [1.165, 1.54) is 6.92 Å². The highest BCUT2D eigenvalue weighted by atomic mass is 19.4. The summed E-state index contributed by atoms with van der Waals surface area (Å²) in [5.74, 6) is -1.24. The van der Waals surface area contributed by atoms with E-state index in [0.29, 0.717) is 0 Å². The predicted molar refractivity (Wildman–Crippen MR) is 53.8 cm³/mol. The van der Waals surface area contributed by atoms with Gasteiger partial charge >= 0.3 is 12.1 Å². The van der Waals surface area contributed by atoms with E-state index >= 15 is 0 Å².